The third kappa shape index (κ3) is 4.03. The van der Waals surface area contributed by atoms with Crippen LogP contribution in [0.25, 0.3) is 0 Å². The van der Waals surface area contributed by atoms with Crippen LogP contribution in [0.5, 0.6) is 0 Å². The van der Waals surface area contributed by atoms with Crippen LogP contribution in [-0.2, 0) is 0 Å². The quantitative estimate of drug-likeness (QED) is 0.783. The Morgan fingerprint density at radius 1 is 1.39 bits per heavy atom. The van der Waals surface area contributed by atoms with Gasteiger partial charge in [-0.3, -0.25) is 4.79 Å². The van der Waals surface area contributed by atoms with Crippen LogP contribution in [0, 0.1) is 28.7 Å². The number of hydrogen-bond acceptors (Lipinski definition) is 5. The SMILES string of the molecule is CC[C@H]1C[C@@H](NC(=O)c2ccc(N3CCC[C@H](C#N)C3)cc2Cl)[C@@H](C)N1C#N. The fraction of sp³-hybridized carbons (Fsp3) is 0.571. The zero-order valence-corrected chi connectivity index (χ0v) is 17.1. The molecule has 2 aliphatic rings. The Morgan fingerprint density at radius 2 is 2.18 bits per heavy atom. The second kappa shape index (κ2) is 8.71. The van der Waals surface area contributed by atoms with Crippen molar-refractivity contribution in [3.8, 4) is 12.3 Å². The van der Waals surface area contributed by atoms with E-state index in [0.717, 1.165) is 37.9 Å². The molecule has 0 saturated carbocycles. The number of hydrogen-bond donors (Lipinski definition) is 1. The Morgan fingerprint density at radius 3 is 2.79 bits per heavy atom. The molecule has 0 aliphatic carbocycles. The molecule has 6 nitrogen and oxygen atoms in total. The fourth-order valence-electron chi connectivity index (χ4n) is 4.29. The van der Waals surface area contributed by atoms with E-state index in [1.165, 1.54) is 0 Å². The zero-order chi connectivity index (χ0) is 20.3. The number of likely N-dealkylation sites (tertiary alicyclic amines) is 1. The first kappa shape index (κ1) is 20.3. The number of anilines is 1. The minimum atomic E-state index is -0.211. The number of carbonyl (C=O) groups is 1. The van der Waals surface area contributed by atoms with Crippen molar-refractivity contribution >= 4 is 23.2 Å². The Bertz CT molecular complexity index is 814. The normalized spacial score (nSPS) is 27.2. The van der Waals surface area contributed by atoms with Gasteiger partial charge < -0.3 is 15.1 Å². The first-order chi connectivity index (χ1) is 13.5. The van der Waals surface area contributed by atoms with Gasteiger partial charge in [-0.25, -0.2) is 0 Å². The second-order valence-electron chi connectivity index (χ2n) is 7.70. The molecule has 0 radical (unpaired) electrons. The van der Waals surface area contributed by atoms with E-state index in [2.05, 4.69) is 29.4 Å². The average Bonchev–Trinajstić information content (AvgIpc) is 3.02. The molecule has 2 saturated heterocycles. The summed E-state index contributed by atoms with van der Waals surface area (Å²) in [7, 11) is 0. The van der Waals surface area contributed by atoms with Gasteiger partial charge in [-0.1, -0.05) is 18.5 Å². The number of benzene rings is 1. The zero-order valence-electron chi connectivity index (χ0n) is 16.4. The third-order valence-corrected chi connectivity index (χ3v) is 6.32. The van der Waals surface area contributed by atoms with Gasteiger partial charge >= 0.3 is 0 Å². The summed E-state index contributed by atoms with van der Waals surface area (Å²) in [6.07, 6.45) is 5.79. The van der Waals surface area contributed by atoms with Gasteiger partial charge in [0.05, 0.1) is 34.7 Å². The molecule has 0 aromatic heterocycles. The second-order valence-corrected chi connectivity index (χ2v) is 8.11. The first-order valence-electron chi connectivity index (χ1n) is 9.91. The summed E-state index contributed by atoms with van der Waals surface area (Å²) < 4.78 is 0. The van der Waals surface area contributed by atoms with Gasteiger partial charge in [0.1, 0.15) is 0 Å². The van der Waals surface area contributed by atoms with Gasteiger partial charge in [0.25, 0.3) is 5.91 Å². The van der Waals surface area contributed by atoms with Crippen molar-refractivity contribution in [2.75, 3.05) is 18.0 Å². The maximum absolute atomic E-state index is 12.8. The van der Waals surface area contributed by atoms with Crippen LogP contribution in [0.4, 0.5) is 5.69 Å². The number of carbonyl (C=O) groups excluding carboxylic acids is 1. The predicted octanol–water partition coefficient (Wildman–Crippen LogP) is 3.53. The molecule has 2 heterocycles. The minimum absolute atomic E-state index is 0.0341. The molecule has 1 N–H and O–H groups in total. The van der Waals surface area contributed by atoms with Crippen LogP contribution in [0.15, 0.2) is 18.2 Å². The Hall–Kier alpha value is -2.44. The van der Waals surface area contributed by atoms with E-state index < -0.39 is 0 Å². The maximum atomic E-state index is 12.8. The monoisotopic (exact) mass is 399 g/mol. The summed E-state index contributed by atoms with van der Waals surface area (Å²) in [6.45, 7) is 5.61. The Labute approximate surface area is 171 Å². The van der Waals surface area contributed by atoms with Crippen molar-refractivity contribution in [3.05, 3.63) is 28.8 Å². The van der Waals surface area contributed by atoms with E-state index in [-0.39, 0.29) is 30.0 Å². The molecule has 28 heavy (non-hydrogen) atoms. The Balaban J connectivity index is 1.70. The largest absolute Gasteiger partial charge is 0.370 e. The molecule has 0 unspecified atom stereocenters. The molecule has 2 aliphatic heterocycles. The highest BCUT2D eigenvalue weighted by Crippen LogP contribution is 2.29. The van der Waals surface area contributed by atoms with Crippen molar-refractivity contribution in [1.29, 1.82) is 10.5 Å². The van der Waals surface area contributed by atoms with Gasteiger partial charge in [-0.15, -0.1) is 0 Å². The molecule has 1 aromatic carbocycles. The summed E-state index contributed by atoms with van der Waals surface area (Å²) in [5.74, 6) is -0.175. The van der Waals surface area contributed by atoms with Crippen LogP contribution in [0.2, 0.25) is 5.02 Å². The van der Waals surface area contributed by atoms with Crippen LogP contribution >= 0.6 is 11.6 Å². The molecule has 1 amide bonds. The van der Waals surface area contributed by atoms with Crippen molar-refractivity contribution in [1.82, 2.24) is 10.2 Å². The summed E-state index contributed by atoms with van der Waals surface area (Å²) in [5, 5.41) is 22.0. The lowest BCUT2D eigenvalue weighted by Crippen LogP contribution is -2.42. The van der Waals surface area contributed by atoms with E-state index >= 15 is 0 Å². The number of rotatable bonds is 4. The Kier molecular flexibility index (Phi) is 6.31. The van der Waals surface area contributed by atoms with Gasteiger partial charge in [-0.05, 0) is 50.8 Å². The lowest BCUT2D eigenvalue weighted by atomic mass is 9.99. The van der Waals surface area contributed by atoms with Gasteiger partial charge in [0.2, 0.25) is 0 Å². The topological polar surface area (TPSA) is 83.2 Å². The van der Waals surface area contributed by atoms with Crippen molar-refractivity contribution in [2.24, 2.45) is 5.92 Å². The summed E-state index contributed by atoms with van der Waals surface area (Å²) in [5.41, 5.74) is 1.38. The number of nitriles is 2. The minimum Gasteiger partial charge on any atom is -0.370 e. The van der Waals surface area contributed by atoms with Crippen molar-refractivity contribution in [3.63, 3.8) is 0 Å². The number of nitrogens with one attached hydrogen (secondary N) is 1. The molecule has 3 rings (SSSR count). The molecular formula is C21H26ClN5O. The van der Waals surface area contributed by atoms with Crippen molar-refractivity contribution < 1.29 is 4.79 Å². The average molecular weight is 400 g/mol. The number of amides is 1. The number of nitrogens with zero attached hydrogens (tertiary/aromatic N) is 4. The number of halogens is 1. The summed E-state index contributed by atoms with van der Waals surface area (Å²) in [6, 6.07) is 7.85. The molecule has 148 valence electrons. The molecule has 1 aromatic rings. The van der Waals surface area contributed by atoms with E-state index in [4.69, 9.17) is 11.6 Å². The van der Waals surface area contributed by atoms with Crippen LogP contribution in [0.1, 0.15) is 49.9 Å². The third-order valence-electron chi connectivity index (χ3n) is 6.01. The van der Waals surface area contributed by atoms with E-state index in [1.807, 2.05) is 19.1 Å². The maximum Gasteiger partial charge on any atom is 0.253 e. The summed E-state index contributed by atoms with van der Waals surface area (Å²) in [4.78, 5) is 16.7. The van der Waals surface area contributed by atoms with E-state index in [9.17, 15) is 15.3 Å². The molecule has 0 bridgehead atoms. The lowest BCUT2D eigenvalue weighted by molar-refractivity contribution is 0.0931. The smallest absolute Gasteiger partial charge is 0.253 e. The predicted molar refractivity (Wildman–Crippen MR) is 109 cm³/mol. The highest BCUT2D eigenvalue weighted by molar-refractivity contribution is 6.34. The molecule has 0 spiro atoms. The van der Waals surface area contributed by atoms with Crippen molar-refractivity contribution in [2.45, 2.75) is 57.7 Å². The van der Waals surface area contributed by atoms with Gasteiger partial charge in [0.15, 0.2) is 6.19 Å². The van der Waals surface area contributed by atoms with Gasteiger partial charge in [-0.2, -0.15) is 10.5 Å². The number of piperidine rings is 1. The highest BCUT2D eigenvalue weighted by atomic mass is 35.5. The summed E-state index contributed by atoms with van der Waals surface area (Å²) >= 11 is 6.43. The molecule has 4 atom stereocenters. The first-order valence-corrected chi connectivity index (χ1v) is 10.3. The molecular weight excluding hydrogens is 374 g/mol. The fourth-order valence-corrected chi connectivity index (χ4v) is 4.55. The van der Waals surface area contributed by atoms with Crippen LogP contribution < -0.4 is 10.2 Å². The standard InChI is InChI=1S/C21H26ClN5O/c1-3-16-10-20(14(2)27(16)13-24)25-21(28)18-7-6-17(9-19(18)22)26-8-4-5-15(11-23)12-26/h6-7,9,14-16,20H,3-5,8,10,12H2,1-2H3,(H,25,28)/t14-,15-,16+,20-/m1/s1. The van der Waals surface area contributed by atoms with Gasteiger partial charge in [0, 0.05) is 24.8 Å². The van der Waals surface area contributed by atoms with E-state index in [1.54, 1.807) is 11.0 Å². The lowest BCUT2D eigenvalue weighted by Gasteiger charge is -2.31. The molecule has 7 heteroatoms. The van der Waals surface area contributed by atoms with Crippen LogP contribution in [0.3, 0.4) is 0 Å². The van der Waals surface area contributed by atoms with Crippen LogP contribution in [-0.4, -0.2) is 42.0 Å². The molecule has 2 fully saturated rings. The highest BCUT2D eigenvalue weighted by Gasteiger charge is 2.38. The van der Waals surface area contributed by atoms with E-state index in [0.29, 0.717) is 17.1 Å².